The SMILES string of the molecule is CS(=O)(=O)c1[c]nc(F)nc1. The van der Waals surface area contributed by atoms with Gasteiger partial charge in [0.2, 0.25) is 0 Å². The van der Waals surface area contributed by atoms with Crippen LogP contribution in [0.4, 0.5) is 4.39 Å². The van der Waals surface area contributed by atoms with Crippen molar-refractivity contribution in [2.75, 3.05) is 6.26 Å². The van der Waals surface area contributed by atoms with E-state index in [0.29, 0.717) is 0 Å². The fraction of sp³-hybridized carbons (Fsp3) is 0.200. The Hall–Kier alpha value is -1.04. The summed E-state index contributed by atoms with van der Waals surface area (Å²) in [4.78, 5) is 5.81. The minimum absolute atomic E-state index is 0.209. The third-order valence-corrected chi connectivity index (χ3v) is 1.94. The molecule has 0 aliphatic heterocycles. The van der Waals surface area contributed by atoms with E-state index < -0.39 is 15.9 Å². The lowest BCUT2D eigenvalue weighted by Gasteiger charge is -1.92. The lowest BCUT2D eigenvalue weighted by Crippen LogP contribution is -2.00. The molecule has 1 radical (unpaired) electrons. The molecule has 0 amide bonds. The van der Waals surface area contributed by atoms with Crippen LogP contribution in [0.5, 0.6) is 0 Å². The Kier molecular flexibility index (Phi) is 1.86. The Bertz CT molecular complexity index is 345. The van der Waals surface area contributed by atoms with E-state index in [1.165, 1.54) is 0 Å². The summed E-state index contributed by atoms with van der Waals surface area (Å²) in [6.45, 7) is 0. The first-order valence-electron chi connectivity index (χ1n) is 2.60. The van der Waals surface area contributed by atoms with E-state index in [-0.39, 0.29) is 4.90 Å². The first-order valence-corrected chi connectivity index (χ1v) is 4.49. The topological polar surface area (TPSA) is 59.9 Å². The van der Waals surface area contributed by atoms with Gasteiger partial charge in [-0.05, 0) is 0 Å². The van der Waals surface area contributed by atoms with Crippen LogP contribution >= 0.6 is 0 Å². The quantitative estimate of drug-likeness (QED) is 0.555. The molecule has 0 saturated heterocycles. The van der Waals surface area contributed by atoms with Gasteiger partial charge in [0, 0.05) is 6.26 Å². The molecule has 1 aromatic rings. The molecule has 0 atom stereocenters. The number of hydrogen-bond donors (Lipinski definition) is 0. The van der Waals surface area contributed by atoms with Crippen molar-refractivity contribution in [1.29, 1.82) is 0 Å². The molecular formula is C5H4FN2O2S. The Labute approximate surface area is 63.0 Å². The van der Waals surface area contributed by atoms with Crippen molar-refractivity contribution in [1.82, 2.24) is 9.97 Å². The molecule has 0 bridgehead atoms. The van der Waals surface area contributed by atoms with Crippen LogP contribution in [0.1, 0.15) is 0 Å². The standard InChI is InChI=1S/C5H4FN2O2S/c1-11(9,10)4-2-7-5(6)8-3-4/h2H,1H3. The summed E-state index contributed by atoms with van der Waals surface area (Å²) in [5, 5.41) is 0. The number of rotatable bonds is 1. The van der Waals surface area contributed by atoms with Gasteiger partial charge in [0.25, 0.3) is 0 Å². The monoisotopic (exact) mass is 175 g/mol. The average Bonchev–Trinajstić information content (AvgIpc) is 1.86. The van der Waals surface area contributed by atoms with Crippen molar-refractivity contribution in [3.8, 4) is 0 Å². The highest BCUT2D eigenvalue weighted by Crippen LogP contribution is 2.02. The Balaban J connectivity index is 3.20. The van der Waals surface area contributed by atoms with Crippen LogP contribution in [-0.2, 0) is 9.84 Å². The van der Waals surface area contributed by atoms with Crippen LogP contribution in [0, 0.1) is 12.3 Å². The van der Waals surface area contributed by atoms with Gasteiger partial charge in [-0.3, -0.25) is 0 Å². The molecule has 11 heavy (non-hydrogen) atoms. The molecule has 1 heterocycles. The van der Waals surface area contributed by atoms with E-state index in [2.05, 4.69) is 9.97 Å². The summed E-state index contributed by atoms with van der Waals surface area (Å²) in [6.07, 6.45) is 2.86. The second-order valence-electron chi connectivity index (χ2n) is 1.89. The summed E-state index contributed by atoms with van der Waals surface area (Å²) in [5.74, 6) is 0. The van der Waals surface area contributed by atoms with Crippen LogP contribution < -0.4 is 0 Å². The third kappa shape index (κ3) is 1.94. The molecule has 59 valence electrons. The zero-order valence-electron chi connectivity index (χ0n) is 5.57. The molecule has 0 fully saturated rings. The molecule has 0 spiro atoms. The van der Waals surface area contributed by atoms with Crippen LogP contribution in [0.3, 0.4) is 0 Å². The van der Waals surface area contributed by atoms with E-state index in [4.69, 9.17) is 0 Å². The molecule has 0 aliphatic rings. The van der Waals surface area contributed by atoms with Gasteiger partial charge in [-0.2, -0.15) is 9.37 Å². The van der Waals surface area contributed by atoms with Gasteiger partial charge < -0.3 is 0 Å². The molecule has 6 heteroatoms. The van der Waals surface area contributed by atoms with Crippen molar-refractivity contribution in [3.05, 3.63) is 18.5 Å². The molecule has 0 saturated carbocycles. The van der Waals surface area contributed by atoms with E-state index in [1.54, 1.807) is 0 Å². The number of nitrogens with zero attached hydrogens (tertiary/aromatic N) is 2. The fourth-order valence-electron chi connectivity index (χ4n) is 0.450. The van der Waals surface area contributed by atoms with Crippen molar-refractivity contribution in [2.24, 2.45) is 0 Å². The first kappa shape index (κ1) is 8.06. The first-order chi connectivity index (χ1) is 5.00. The number of halogens is 1. The Morgan fingerprint density at radius 2 is 2.27 bits per heavy atom. The Morgan fingerprint density at radius 3 is 2.64 bits per heavy atom. The zero-order valence-corrected chi connectivity index (χ0v) is 6.39. The highest BCUT2D eigenvalue weighted by atomic mass is 32.2. The van der Waals surface area contributed by atoms with E-state index in [9.17, 15) is 12.8 Å². The maximum absolute atomic E-state index is 12.0. The molecular weight excluding hydrogens is 171 g/mol. The summed E-state index contributed by atoms with van der Waals surface area (Å²) in [6, 6.07) is 0. The van der Waals surface area contributed by atoms with Gasteiger partial charge in [-0.25, -0.2) is 13.4 Å². The normalized spacial score (nSPS) is 11.5. The van der Waals surface area contributed by atoms with Crippen LogP contribution in [-0.4, -0.2) is 24.6 Å². The summed E-state index contributed by atoms with van der Waals surface area (Å²) < 4.78 is 33.4. The largest absolute Gasteiger partial charge is 0.309 e. The van der Waals surface area contributed by atoms with Crippen LogP contribution in [0.2, 0.25) is 0 Å². The summed E-state index contributed by atoms with van der Waals surface area (Å²) in [5.41, 5.74) is 0. The van der Waals surface area contributed by atoms with Crippen molar-refractivity contribution in [3.63, 3.8) is 0 Å². The minimum Gasteiger partial charge on any atom is -0.224 e. The van der Waals surface area contributed by atoms with Crippen molar-refractivity contribution in [2.45, 2.75) is 4.90 Å². The van der Waals surface area contributed by atoms with E-state index in [1.807, 2.05) is 6.20 Å². The number of sulfone groups is 1. The van der Waals surface area contributed by atoms with Gasteiger partial charge in [-0.1, -0.05) is 0 Å². The van der Waals surface area contributed by atoms with Gasteiger partial charge in [-0.15, -0.1) is 0 Å². The molecule has 0 aliphatic carbocycles. The van der Waals surface area contributed by atoms with Gasteiger partial charge in [0.15, 0.2) is 9.84 Å². The fourth-order valence-corrected chi connectivity index (χ4v) is 0.905. The predicted octanol–water partition coefficient (Wildman–Crippen LogP) is -0.181. The minimum atomic E-state index is -3.37. The predicted molar refractivity (Wildman–Crippen MR) is 33.9 cm³/mol. The molecule has 0 aromatic carbocycles. The van der Waals surface area contributed by atoms with E-state index >= 15 is 0 Å². The molecule has 0 unspecified atom stereocenters. The smallest absolute Gasteiger partial charge is 0.224 e. The van der Waals surface area contributed by atoms with Crippen molar-refractivity contribution >= 4 is 9.84 Å². The lowest BCUT2D eigenvalue weighted by atomic mass is 10.7. The molecule has 4 nitrogen and oxygen atoms in total. The lowest BCUT2D eigenvalue weighted by molar-refractivity contribution is 0.531. The maximum Gasteiger partial charge on any atom is 0.309 e. The van der Waals surface area contributed by atoms with E-state index in [0.717, 1.165) is 12.5 Å². The molecule has 0 N–H and O–H groups in total. The Morgan fingerprint density at radius 1 is 1.64 bits per heavy atom. The van der Waals surface area contributed by atoms with Gasteiger partial charge in [0.05, 0.1) is 6.20 Å². The summed E-state index contributed by atoms with van der Waals surface area (Å²) >= 11 is 0. The van der Waals surface area contributed by atoms with Crippen LogP contribution in [0.25, 0.3) is 0 Å². The second-order valence-corrected chi connectivity index (χ2v) is 3.87. The zero-order chi connectivity index (χ0) is 8.48. The average molecular weight is 175 g/mol. The molecule has 1 aromatic heterocycles. The highest BCUT2D eigenvalue weighted by Gasteiger charge is 2.08. The second kappa shape index (κ2) is 2.54. The van der Waals surface area contributed by atoms with Crippen molar-refractivity contribution < 1.29 is 12.8 Å². The van der Waals surface area contributed by atoms with Gasteiger partial charge >= 0.3 is 6.08 Å². The number of aromatic nitrogens is 2. The number of hydrogen-bond acceptors (Lipinski definition) is 4. The maximum atomic E-state index is 12.0. The summed E-state index contributed by atoms with van der Waals surface area (Å²) in [7, 11) is -3.37. The third-order valence-electron chi connectivity index (χ3n) is 0.946. The molecule has 1 rings (SSSR count). The van der Waals surface area contributed by atoms with Crippen LogP contribution in [0.15, 0.2) is 11.1 Å². The highest BCUT2D eigenvalue weighted by molar-refractivity contribution is 7.90. The van der Waals surface area contributed by atoms with Gasteiger partial charge in [0.1, 0.15) is 11.1 Å².